The number of likely N-dealkylation sites (tertiary alicyclic amines) is 1. The monoisotopic (exact) mass is 358 g/mol. The minimum Gasteiger partial charge on any atom is -0.491 e. The van der Waals surface area contributed by atoms with Gasteiger partial charge >= 0.3 is 0 Å². The number of ether oxygens (including phenoxy) is 1. The summed E-state index contributed by atoms with van der Waals surface area (Å²) in [4.78, 5) is 14.3. The molecule has 2 N–H and O–H groups in total. The Bertz CT molecular complexity index is 719. The number of anilines is 1. The Morgan fingerprint density at radius 1 is 1.31 bits per heavy atom. The van der Waals surface area contributed by atoms with Crippen LogP contribution < -0.4 is 10.1 Å². The van der Waals surface area contributed by atoms with Gasteiger partial charge in [-0.1, -0.05) is 18.2 Å². The van der Waals surface area contributed by atoms with Crippen molar-refractivity contribution < 1.29 is 14.6 Å². The molecule has 2 heterocycles. The highest BCUT2D eigenvalue weighted by molar-refractivity contribution is 5.91. The largest absolute Gasteiger partial charge is 0.491 e. The lowest BCUT2D eigenvalue weighted by molar-refractivity contribution is -0.117. The van der Waals surface area contributed by atoms with Crippen molar-refractivity contribution in [3.05, 3.63) is 42.7 Å². The fourth-order valence-corrected chi connectivity index (χ4v) is 3.16. The lowest BCUT2D eigenvalue weighted by atomic mass is 9.96. The number of rotatable bonds is 6. The molecule has 1 fully saturated rings. The van der Waals surface area contributed by atoms with Gasteiger partial charge in [0, 0.05) is 19.8 Å². The average Bonchev–Trinajstić information content (AvgIpc) is 2.94. The Kier molecular flexibility index (Phi) is 5.90. The molecular formula is C19H26N4O3. The van der Waals surface area contributed by atoms with E-state index in [1.807, 2.05) is 37.4 Å². The molecule has 1 amide bonds. The van der Waals surface area contributed by atoms with E-state index in [1.54, 1.807) is 17.1 Å². The first kappa shape index (κ1) is 18.4. The minimum absolute atomic E-state index is 0.0658. The number of hydrogen-bond acceptors (Lipinski definition) is 5. The molecule has 0 spiro atoms. The Morgan fingerprint density at radius 3 is 2.85 bits per heavy atom. The van der Waals surface area contributed by atoms with Crippen molar-refractivity contribution in [3.63, 3.8) is 0 Å². The van der Waals surface area contributed by atoms with Crippen molar-refractivity contribution in [1.82, 2.24) is 14.7 Å². The highest BCUT2D eigenvalue weighted by Crippen LogP contribution is 2.24. The zero-order valence-corrected chi connectivity index (χ0v) is 15.1. The molecule has 3 rings (SSSR count). The zero-order chi connectivity index (χ0) is 18.4. The molecule has 1 atom stereocenters. The first-order valence-corrected chi connectivity index (χ1v) is 8.94. The summed E-state index contributed by atoms with van der Waals surface area (Å²) in [6.45, 7) is 2.03. The molecule has 2 aromatic rings. The number of carbonyl (C=O) groups excluding carboxylic acids is 1. The van der Waals surface area contributed by atoms with Crippen LogP contribution in [0.5, 0.6) is 5.75 Å². The predicted octanol–water partition coefficient (Wildman–Crippen LogP) is 1.65. The van der Waals surface area contributed by atoms with Crippen molar-refractivity contribution in [1.29, 1.82) is 0 Å². The molecule has 0 radical (unpaired) electrons. The Labute approximate surface area is 153 Å². The molecule has 1 aromatic carbocycles. The smallest absolute Gasteiger partial charge is 0.238 e. The van der Waals surface area contributed by atoms with Gasteiger partial charge in [0.1, 0.15) is 12.4 Å². The SMILES string of the molecule is Cn1cc(NC(=O)CN2CCCC(O)(COc3ccccc3)CC2)cn1. The van der Waals surface area contributed by atoms with Crippen molar-refractivity contribution in [3.8, 4) is 5.75 Å². The number of aromatic nitrogens is 2. The van der Waals surface area contributed by atoms with E-state index in [4.69, 9.17) is 4.74 Å². The second-order valence-corrected chi connectivity index (χ2v) is 6.91. The lowest BCUT2D eigenvalue weighted by Crippen LogP contribution is -2.38. The van der Waals surface area contributed by atoms with Crippen molar-refractivity contribution in [2.75, 3.05) is 31.6 Å². The molecule has 1 aromatic heterocycles. The summed E-state index contributed by atoms with van der Waals surface area (Å²) in [7, 11) is 1.81. The number of nitrogens with zero attached hydrogens (tertiary/aromatic N) is 3. The van der Waals surface area contributed by atoms with E-state index in [9.17, 15) is 9.90 Å². The van der Waals surface area contributed by atoms with Gasteiger partial charge in [-0.3, -0.25) is 14.4 Å². The molecule has 0 saturated carbocycles. The van der Waals surface area contributed by atoms with Crippen LogP contribution in [-0.2, 0) is 11.8 Å². The van der Waals surface area contributed by atoms with Crippen LogP contribution in [-0.4, -0.2) is 57.5 Å². The van der Waals surface area contributed by atoms with E-state index in [2.05, 4.69) is 15.3 Å². The molecule has 7 nitrogen and oxygen atoms in total. The van der Waals surface area contributed by atoms with Gasteiger partial charge in [0.15, 0.2) is 0 Å². The maximum Gasteiger partial charge on any atom is 0.238 e. The van der Waals surface area contributed by atoms with Gasteiger partial charge < -0.3 is 15.2 Å². The maximum atomic E-state index is 12.2. The number of para-hydroxylation sites is 1. The highest BCUT2D eigenvalue weighted by Gasteiger charge is 2.31. The predicted molar refractivity (Wildman–Crippen MR) is 99.0 cm³/mol. The number of nitrogens with one attached hydrogen (secondary N) is 1. The van der Waals surface area contributed by atoms with Gasteiger partial charge in [-0.05, 0) is 37.9 Å². The maximum absolute atomic E-state index is 12.2. The van der Waals surface area contributed by atoms with Gasteiger partial charge in [0.2, 0.25) is 5.91 Å². The van der Waals surface area contributed by atoms with Crippen LogP contribution in [0.1, 0.15) is 19.3 Å². The van der Waals surface area contributed by atoms with Crippen LogP contribution in [0.25, 0.3) is 0 Å². The Morgan fingerprint density at radius 2 is 2.12 bits per heavy atom. The zero-order valence-electron chi connectivity index (χ0n) is 15.1. The number of aryl methyl sites for hydroxylation is 1. The second kappa shape index (κ2) is 8.33. The number of hydrogen-bond donors (Lipinski definition) is 2. The highest BCUT2D eigenvalue weighted by atomic mass is 16.5. The number of amides is 1. The topological polar surface area (TPSA) is 79.6 Å². The molecular weight excluding hydrogens is 332 g/mol. The summed E-state index contributed by atoms with van der Waals surface area (Å²) < 4.78 is 7.39. The van der Waals surface area contributed by atoms with Gasteiger partial charge in [-0.25, -0.2) is 0 Å². The molecule has 1 unspecified atom stereocenters. The van der Waals surface area contributed by atoms with Gasteiger partial charge in [-0.2, -0.15) is 5.10 Å². The van der Waals surface area contributed by atoms with E-state index < -0.39 is 5.60 Å². The van der Waals surface area contributed by atoms with Gasteiger partial charge in [-0.15, -0.1) is 0 Å². The van der Waals surface area contributed by atoms with Crippen LogP contribution >= 0.6 is 0 Å². The van der Waals surface area contributed by atoms with E-state index in [0.717, 1.165) is 18.7 Å². The summed E-state index contributed by atoms with van der Waals surface area (Å²) in [5.41, 5.74) is -0.162. The first-order chi connectivity index (χ1) is 12.5. The van der Waals surface area contributed by atoms with Gasteiger partial charge in [0.25, 0.3) is 0 Å². The molecule has 7 heteroatoms. The average molecular weight is 358 g/mol. The third-order valence-electron chi connectivity index (χ3n) is 4.62. The minimum atomic E-state index is -0.857. The molecule has 140 valence electrons. The first-order valence-electron chi connectivity index (χ1n) is 8.94. The fraction of sp³-hybridized carbons (Fsp3) is 0.474. The standard InChI is InChI=1S/C19H26N4O3/c1-22-13-16(12-20-22)21-18(24)14-23-10-5-8-19(25,9-11-23)15-26-17-6-3-2-4-7-17/h2-4,6-7,12-13,25H,5,8-11,14-15H2,1H3,(H,21,24). The molecule has 1 saturated heterocycles. The van der Waals surface area contributed by atoms with Crippen LogP contribution in [0, 0.1) is 0 Å². The molecule has 1 aliphatic heterocycles. The van der Waals surface area contributed by atoms with E-state index in [0.29, 0.717) is 31.6 Å². The van der Waals surface area contributed by atoms with Crippen LogP contribution in [0.3, 0.4) is 0 Å². The normalized spacial score (nSPS) is 21.2. The number of carbonyl (C=O) groups is 1. The fourth-order valence-electron chi connectivity index (χ4n) is 3.16. The van der Waals surface area contributed by atoms with E-state index in [-0.39, 0.29) is 12.5 Å². The summed E-state index contributed by atoms with van der Waals surface area (Å²) in [6.07, 6.45) is 5.47. The summed E-state index contributed by atoms with van der Waals surface area (Å²) in [6, 6.07) is 9.52. The second-order valence-electron chi connectivity index (χ2n) is 6.91. The Balaban J connectivity index is 1.47. The quantitative estimate of drug-likeness (QED) is 0.821. The third-order valence-corrected chi connectivity index (χ3v) is 4.62. The molecule has 26 heavy (non-hydrogen) atoms. The summed E-state index contributed by atoms with van der Waals surface area (Å²) in [5, 5.41) is 17.7. The number of aliphatic hydroxyl groups is 1. The number of benzene rings is 1. The van der Waals surface area contributed by atoms with E-state index >= 15 is 0 Å². The van der Waals surface area contributed by atoms with E-state index in [1.165, 1.54) is 0 Å². The molecule has 0 aliphatic carbocycles. The van der Waals surface area contributed by atoms with Crippen molar-refractivity contribution in [2.45, 2.75) is 24.9 Å². The van der Waals surface area contributed by atoms with Crippen LogP contribution in [0.15, 0.2) is 42.7 Å². The summed E-state index contributed by atoms with van der Waals surface area (Å²) in [5.74, 6) is 0.696. The third kappa shape index (κ3) is 5.31. The van der Waals surface area contributed by atoms with Crippen molar-refractivity contribution in [2.24, 2.45) is 7.05 Å². The lowest BCUT2D eigenvalue weighted by Gasteiger charge is -2.27. The van der Waals surface area contributed by atoms with Crippen LogP contribution in [0.2, 0.25) is 0 Å². The Hall–Kier alpha value is -2.38. The van der Waals surface area contributed by atoms with Crippen LogP contribution in [0.4, 0.5) is 5.69 Å². The van der Waals surface area contributed by atoms with Gasteiger partial charge in [0.05, 0.1) is 24.0 Å². The molecule has 1 aliphatic rings. The molecule has 0 bridgehead atoms. The van der Waals surface area contributed by atoms with Crippen molar-refractivity contribution >= 4 is 11.6 Å². The summed E-state index contributed by atoms with van der Waals surface area (Å²) >= 11 is 0.